The van der Waals surface area contributed by atoms with E-state index in [1.165, 1.54) is 82.5 Å². The number of unbranched alkanes of at least 4 members (excludes halogenated alkanes) is 2. The van der Waals surface area contributed by atoms with Crippen molar-refractivity contribution in [3.05, 3.63) is 76.9 Å². The Balaban J connectivity index is 2.53. The lowest BCUT2D eigenvalue weighted by Crippen LogP contribution is -2.17. The first kappa shape index (κ1) is 31.6. The van der Waals surface area contributed by atoms with Gasteiger partial charge in [0.1, 0.15) is 0 Å². The largest absolute Gasteiger partial charge is 0.0740 e. The molecule has 0 nitrogen and oxygen atoms in total. The minimum atomic E-state index is -0.283. The molecule has 0 fully saturated rings. The molecular weight excluding hydrogens is 487 g/mol. The van der Waals surface area contributed by atoms with Crippen LogP contribution >= 0.6 is 7.92 Å². The maximum absolute atomic E-state index is 2.48. The molecule has 0 unspecified atom stereocenters. The molecule has 0 aromatic heterocycles. The van der Waals surface area contributed by atoms with Gasteiger partial charge in [-0.25, -0.2) is 0 Å². The summed E-state index contributed by atoms with van der Waals surface area (Å²) < 4.78 is 0. The van der Waals surface area contributed by atoms with Gasteiger partial charge in [0.05, 0.1) is 0 Å². The second-order valence-corrected chi connectivity index (χ2v) is 15.1. The molecule has 0 saturated heterocycles. The first-order valence-electron chi connectivity index (χ1n) is 15.8. The van der Waals surface area contributed by atoms with E-state index in [4.69, 9.17) is 0 Å². The van der Waals surface area contributed by atoms with Crippen molar-refractivity contribution in [3.63, 3.8) is 0 Å². The summed E-state index contributed by atoms with van der Waals surface area (Å²) in [6, 6.07) is 21.5. The lowest BCUT2D eigenvalue weighted by molar-refractivity contribution is 0.837. The van der Waals surface area contributed by atoms with E-state index in [-0.39, 0.29) is 7.92 Å². The predicted molar refractivity (Wildman–Crippen MR) is 180 cm³/mol. The van der Waals surface area contributed by atoms with Gasteiger partial charge in [-0.1, -0.05) is 145 Å². The van der Waals surface area contributed by atoms with Crippen molar-refractivity contribution >= 4 is 13.2 Å². The highest BCUT2D eigenvalue weighted by molar-refractivity contribution is 7.66. The maximum Gasteiger partial charge on any atom is -0.00837 e. The van der Waals surface area contributed by atoms with Crippen LogP contribution in [0.3, 0.4) is 0 Å². The van der Waals surface area contributed by atoms with Crippen molar-refractivity contribution < 1.29 is 0 Å². The summed E-state index contributed by atoms with van der Waals surface area (Å²) in [5, 5.41) is 1.68. The summed E-state index contributed by atoms with van der Waals surface area (Å²) in [7, 11) is -0.283. The van der Waals surface area contributed by atoms with E-state index in [1.54, 1.807) is 5.30 Å². The molecular formula is C38H55P. The van der Waals surface area contributed by atoms with E-state index in [9.17, 15) is 0 Å². The molecule has 0 aliphatic rings. The number of rotatable bonds is 13. The normalized spacial score (nSPS) is 12.1. The molecule has 0 atom stereocenters. The summed E-state index contributed by atoms with van der Waals surface area (Å²) in [6.45, 7) is 23.7. The third-order valence-corrected chi connectivity index (χ3v) is 11.0. The van der Waals surface area contributed by atoms with Crippen LogP contribution in [0.2, 0.25) is 0 Å². The van der Waals surface area contributed by atoms with E-state index in [1.807, 2.05) is 0 Å². The van der Waals surface area contributed by atoms with Crippen LogP contribution in [0.5, 0.6) is 0 Å². The standard InChI is InChI=1S/C38H55P/c1-11-13-24-39(25-14-12-2)38-34(36-30(26(3)4)18-15-19-31(36)27(5)6)22-17-23-35(38)37-32(28(7)8)20-16-21-33(37)29(9)10/h15-23,26-29H,11-14,24-25H2,1-10H3. The molecule has 212 valence electrons. The molecule has 0 aliphatic heterocycles. The Morgan fingerprint density at radius 3 is 1.08 bits per heavy atom. The topological polar surface area (TPSA) is 0 Å². The Hall–Kier alpha value is -1.91. The van der Waals surface area contributed by atoms with Gasteiger partial charge in [0.2, 0.25) is 0 Å². The van der Waals surface area contributed by atoms with Crippen LogP contribution in [-0.2, 0) is 0 Å². The predicted octanol–water partition coefficient (Wildman–Crippen LogP) is 12.2. The number of benzene rings is 3. The fraction of sp³-hybridized carbons (Fsp3) is 0.526. The molecule has 0 saturated carbocycles. The van der Waals surface area contributed by atoms with Crippen LogP contribution in [0.15, 0.2) is 54.6 Å². The van der Waals surface area contributed by atoms with Gasteiger partial charge in [0, 0.05) is 0 Å². The average molecular weight is 543 g/mol. The van der Waals surface area contributed by atoms with Crippen molar-refractivity contribution in [2.45, 2.75) is 119 Å². The first-order valence-corrected chi connectivity index (χ1v) is 17.5. The van der Waals surface area contributed by atoms with Crippen molar-refractivity contribution in [3.8, 4) is 22.3 Å². The van der Waals surface area contributed by atoms with Gasteiger partial charge in [-0.15, -0.1) is 0 Å². The van der Waals surface area contributed by atoms with Crippen molar-refractivity contribution in [1.29, 1.82) is 0 Å². The van der Waals surface area contributed by atoms with Crippen LogP contribution in [0.4, 0.5) is 0 Å². The molecule has 0 amide bonds. The lowest BCUT2D eigenvalue weighted by atomic mass is 9.82. The van der Waals surface area contributed by atoms with E-state index in [0.717, 1.165) is 0 Å². The van der Waals surface area contributed by atoms with Crippen molar-refractivity contribution in [2.75, 3.05) is 12.3 Å². The van der Waals surface area contributed by atoms with Crippen LogP contribution in [0, 0.1) is 0 Å². The van der Waals surface area contributed by atoms with E-state index >= 15 is 0 Å². The molecule has 0 heterocycles. The highest BCUT2D eigenvalue weighted by Crippen LogP contribution is 2.48. The van der Waals surface area contributed by atoms with Gasteiger partial charge in [-0.3, -0.25) is 0 Å². The summed E-state index contributed by atoms with van der Waals surface area (Å²) in [4.78, 5) is 0. The minimum Gasteiger partial charge on any atom is -0.0740 e. The molecule has 3 rings (SSSR count). The number of hydrogen-bond acceptors (Lipinski definition) is 0. The molecule has 0 N–H and O–H groups in total. The molecule has 0 aliphatic carbocycles. The van der Waals surface area contributed by atoms with Crippen molar-refractivity contribution in [2.24, 2.45) is 0 Å². The van der Waals surface area contributed by atoms with Gasteiger partial charge < -0.3 is 0 Å². The Morgan fingerprint density at radius 1 is 0.487 bits per heavy atom. The third-order valence-electron chi connectivity index (χ3n) is 8.20. The van der Waals surface area contributed by atoms with Gasteiger partial charge >= 0.3 is 0 Å². The van der Waals surface area contributed by atoms with Gasteiger partial charge in [0.15, 0.2) is 0 Å². The highest BCUT2D eigenvalue weighted by Gasteiger charge is 2.27. The monoisotopic (exact) mass is 542 g/mol. The van der Waals surface area contributed by atoms with Crippen LogP contribution in [0.1, 0.15) is 141 Å². The second-order valence-electron chi connectivity index (χ2n) is 12.6. The molecule has 0 radical (unpaired) electrons. The Labute approximate surface area is 242 Å². The fourth-order valence-electron chi connectivity index (χ4n) is 6.05. The van der Waals surface area contributed by atoms with Gasteiger partial charge in [-0.2, -0.15) is 0 Å². The zero-order chi connectivity index (χ0) is 28.7. The fourth-order valence-corrected chi connectivity index (χ4v) is 9.17. The summed E-state index contributed by atoms with van der Waals surface area (Å²) >= 11 is 0. The van der Waals surface area contributed by atoms with E-state index < -0.39 is 0 Å². The lowest BCUT2D eigenvalue weighted by Gasteiger charge is -2.30. The van der Waals surface area contributed by atoms with Crippen LogP contribution in [-0.4, -0.2) is 12.3 Å². The van der Waals surface area contributed by atoms with Gasteiger partial charge in [-0.05, 0) is 98.6 Å². The maximum atomic E-state index is 2.48. The summed E-state index contributed by atoms with van der Waals surface area (Å²) in [5.41, 5.74) is 12.1. The van der Waals surface area contributed by atoms with Gasteiger partial charge in [0.25, 0.3) is 0 Å². The summed E-state index contributed by atoms with van der Waals surface area (Å²) in [5.74, 6) is 1.95. The Bertz CT molecular complexity index is 1060. The molecule has 39 heavy (non-hydrogen) atoms. The third kappa shape index (κ3) is 7.24. The molecule has 3 aromatic carbocycles. The van der Waals surface area contributed by atoms with Crippen LogP contribution in [0.25, 0.3) is 22.3 Å². The molecule has 0 bridgehead atoms. The van der Waals surface area contributed by atoms with E-state index in [0.29, 0.717) is 23.7 Å². The Morgan fingerprint density at radius 2 is 0.795 bits per heavy atom. The number of hydrogen-bond donors (Lipinski definition) is 0. The zero-order valence-electron chi connectivity index (χ0n) is 26.7. The minimum absolute atomic E-state index is 0.283. The average Bonchev–Trinajstić information content (AvgIpc) is 2.91. The zero-order valence-corrected chi connectivity index (χ0v) is 27.6. The molecule has 1 heteroatoms. The quantitative estimate of drug-likeness (QED) is 0.188. The molecule has 0 spiro atoms. The van der Waals surface area contributed by atoms with E-state index in [2.05, 4.69) is 124 Å². The second kappa shape index (κ2) is 14.6. The molecule has 3 aromatic rings. The smallest absolute Gasteiger partial charge is 0.00837 e. The SMILES string of the molecule is CCCCP(CCCC)c1c(-c2c(C(C)C)cccc2C(C)C)cccc1-c1c(C(C)C)cccc1C(C)C. The highest BCUT2D eigenvalue weighted by atomic mass is 31.1. The van der Waals surface area contributed by atoms with Crippen LogP contribution < -0.4 is 5.30 Å². The first-order chi connectivity index (χ1) is 18.6. The van der Waals surface area contributed by atoms with Crippen molar-refractivity contribution in [1.82, 2.24) is 0 Å². The summed E-state index contributed by atoms with van der Waals surface area (Å²) in [6.07, 6.45) is 7.82. The Kier molecular flexibility index (Phi) is 11.9.